The van der Waals surface area contributed by atoms with Gasteiger partial charge in [0.1, 0.15) is 13.2 Å². The molecule has 0 amide bonds. The SMILES string of the molecule is C#CCOCCOCCOCC[N+](=O)[O-]. The second-order valence-electron chi connectivity index (χ2n) is 2.54. The Labute approximate surface area is 88.7 Å². The van der Waals surface area contributed by atoms with E-state index in [9.17, 15) is 10.1 Å². The zero-order chi connectivity index (χ0) is 11.4. The van der Waals surface area contributed by atoms with E-state index in [0.29, 0.717) is 26.4 Å². The Bertz CT molecular complexity index is 201. The predicted octanol–water partition coefficient (Wildman–Crippen LogP) is -0.0539. The molecule has 0 aromatic carbocycles. The van der Waals surface area contributed by atoms with Crippen molar-refractivity contribution in [3.05, 3.63) is 10.1 Å². The maximum Gasteiger partial charge on any atom is 0.226 e. The molecule has 0 atom stereocenters. The molecule has 0 fully saturated rings. The molecule has 15 heavy (non-hydrogen) atoms. The van der Waals surface area contributed by atoms with Gasteiger partial charge in [0.05, 0.1) is 26.4 Å². The molecule has 0 spiro atoms. The second-order valence-corrected chi connectivity index (χ2v) is 2.54. The third-order valence-corrected chi connectivity index (χ3v) is 1.35. The van der Waals surface area contributed by atoms with E-state index in [0.717, 1.165) is 0 Å². The van der Waals surface area contributed by atoms with Crippen molar-refractivity contribution in [2.75, 3.05) is 46.2 Å². The minimum absolute atomic E-state index is 0.115. The summed E-state index contributed by atoms with van der Waals surface area (Å²) in [6.45, 7) is 1.86. The van der Waals surface area contributed by atoms with Gasteiger partial charge in [0, 0.05) is 4.92 Å². The number of nitrogens with zero attached hydrogens (tertiary/aromatic N) is 1. The maximum absolute atomic E-state index is 9.90. The molecular weight excluding hydrogens is 202 g/mol. The first-order valence-electron chi connectivity index (χ1n) is 4.56. The van der Waals surface area contributed by atoms with Gasteiger partial charge in [0.25, 0.3) is 0 Å². The van der Waals surface area contributed by atoms with Gasteiger partial charge < -0.3 is 14.2 Å². The lowest BCUT2D eigenvalue weighted by atomic mass is 10.7. The van der Waals surface area contributed by atoms with Crippen LogP contribution >= 0.6 is 0 Å². The van der Waals surface area contributed by atoms with Crippen molar-refractivity contribution in [2.45, 2.75) is 0 Å². The van der Waals surface area contributed by atoms with Crippen LogP contribution < -0.4 is 0 Å². The van der Waals surface area contributed by atoms with Crippen molar-refractivity contribution in [1.82, 2.24) is 0 Å². The summed E-state index contributed by atoms with van der Waals surface area (Å²) in [4.78, 5) is 9.47. The van der Waals surface area contributed by atoms with Gasteiger partial charge >= 0.3 is 0 Å². The highest BCUT2D eigenvalue weighted by Gasteiger charge is 1.96. The zero-order valence-electron chi connectivity index (χ0n) is 8.52. The van der Waals surface area contributed by atoms with Crippen molar-refractivity contribution in [2.24, 2.45) is 0 Å². The first kappa shape index (κ1) is 13.8. The van der Waals surface area contributed by atoms with Crippen LogP contribution in [0.2, 0.25) is 0 Å². The topological polar surface area (TPSA) is 70.8 Å². The van der Waals surface area contributed by atoms with Crippen molar-refractivity contribution in [3.8, 4) is 12.3 Å². The Morgan fingerprint density at radius 3 is 2.13 bits per heavy atom. The molecule has 0 aliphatic rings. The van der Waals surface area contributed by atoms with Crippen LogP contribution in [0.4, 0.5) is 0 Å². The van der Waals surface area contributed by atoms with Crippen molar-refractivity contribution >= 4 is 0 Å². The average molecular weight is 217 g/mol. The first-order chi connectivity index (χ1) is 7.27. The van der Waals surface area contributed by atoms with Crippen molar-refractivity contribution < 1.29 is 19.1 Å². The lowest BCUT2D eigenvalue weighted by molar-refractivity contribution is -0.483. The fourth-order valence-corrected chi connectivity index (χ4v) is 0.710. The quantitative estimate of drug-likeness (QED) is 0.222. The molecule has 0 bridgehead atoms. The molecule has 0 aromatic heterocycles. The van der Waals surface area contributed by atoms with E-state index in [1.54, 1.807) is 0 Å². The van der Waals surface area contributed by atoms with Gasteiger partial charge in [-0.25, -0.2) is 0 Å². The Morgan fingerprint density at radius 2 is 1.60 bits per heavy atom. The molecule has 6 nitrogen and oxygen atoms in total. The molecule has 0 saturated heterocycles. The normalized spacial score (nSPS) is 9.80. The largest absolute Gasteiger partial charge is 0.377 e. The Morgan fingerprint density at radius 1 is 1.07 bits per heavy atom. The number of ether oxygens (including phenoxy) is 3. The first-order valence-corrected chi connectivity index (χ1v) is 4.56. The summed E-state index contributed by atoms with van der Waals surface area (Å²) in [6.07, 6.45) is 4.96. The zero-order valence-corrected chi connectivity index (χ0v) is 8.52. The molecule has 0 unspecified atom stereocenters. The molecule has 0 rings (SSSR count). The summed E-state index contributed by atoms with van der Waals surface area (Å²) in [5.74, 6) is 2.33. The molecular formula is C9H15NO5. The minimum atomic E-state index is -0.422. The smallest absolute Gasteiger partial charge is 0.226 e. The van der Waals surface area contributed by atoms with E-state index in [2.05, 4.69) is 5.92 Å². The molecule has 6 heteroatoms. The highest BCUT2D eigenvalue weighted by Crippen LogP contribution is 1.81. The van der Waals surface area contributed by atoms with E-state index in [1.165, 1.54) is 0 Å². The van der Waals surface area contributed by atoms with Crippen LogP contribution in [0.1, 0.15) is 0 Å². The summed E-state index contributed by atoms with van der Waals surface area (Å²) >= 11 is 0. The van der Waals surface area contributed by atoms with E-state index in [1.807, 2.05) is 0 Å². The third-order valence-electron chi connectivity index (χ3n) is 1.35. The van der Waals surface area contributed by atoms with E-state index >= 15 is 0 Å². The van der Waals surface area contributed by atoms with E-state index in [-0.39, 0.29) is 19.8 Å². The molecule has 0 aliphatic carbocycles. The molecule has 0 heterocycles. The van der Waals surface area contributed by atoms with Gasteiger partial charge in [-0.2, -0.15) is 0 Å². The molecule has 0 N–H and O–H groups in total. The summed E-state index contributed by atoms with van der Waals surface area (Å²) in [5, 5.41) is 9.90. The Balaban J connectivity index is 2.93. The molecule has 0 aliphatic heterocycles. The molecule has 0 aromatic rings. The van der Waals surface area contributed by atoms with Gasteiger partial charge in [-0.15, -0.1) is 6.42 Å². The fourth-order valence-electron chi connectivity index (χ4n) is 0.710. The third kappa shape index (κ3) is 12.8. The Kier molecular flexibility index (Phi) is 10.1. The van der Waals surface area contributed by atoms with Crippen LogP contribution in [0.5, 0.6) is 0 Å². The summed E-state index contributed by atoms with van der Waals surface area (Å²) in [5.41, 5.74) is 0. The average Bonchev–Trinajstić information content (AvgIpc) is 2.20. The van der Waals surface area contributed by atoms with Gasteiger partial charge in [-0.3, -0.25) is 10.1 Å². The van der Waals surface area contributed by atoms with Gasteiger partial charge in [-0.1, -0.05) is 5.92 Å². The lowest BCUT2D eigenvalue weighted by Crippen LogP contribution is -2.13. The number of hydrogen-bond donors (Lipinski definition) is 0. The highest BCUT2D eigenvalue weighted by atomic mass is 16.6. The van der Waals surface area contributed by atoms with E-state index < -0.39 is 4.92 Å². The van der Waals surface area contributed by atoms with Crippen LogP contribution in [0.15, 0.2) is 0 Å². The van der Waals surface area contributed by atoms with Crippen LogP contribution in [-0.4, -0.2) is 51.1 Å². The summed E-state index contributed by atoms with van der Waals surface area (Å²) in [7, 11) is 0. The van der Waals surface area contributed by atoms with E-state index in [4.69, 9.17) is 20.6 Å². The summed E-state index contributed by atoms with van der Waals surface area (Å²) < 4.78 is 15.0. The minimum Gasteiger partial charge on any atom is -0.377 e. The Hall–Kier alpha value is -1.16. The van der Waals surface area contributed by atoms with Gasteiger partial charge in [-0.05, 0) is 0 Å². The van der Waals surface area contributed by atoms with Crippen molar-refractivity contribution in [1.29, 1.82) is 0 Å². The molecule has 86 valence electrons. The standard InChI is InChI=1S/C9H15NO5/c1-2-4-13-6-8-15-9-7-14-5-3-10(11)12/h1H,3-9H2. The number of nitro groups is 1. The van der Waals surface area contributed by atoms with Crippen LogP contribution in [0.25, 0.3) is 0 Å². The second kappa shape index (κ2) is 10.9. The van der Waals surface area contributed by atoms with Crippen LogP contribution in [0, 0.1) is 22.5 Å². The number of rotatable bonds is 10. The van der Waals surface area contributed by atoms with Gasteiger partial charge in [0.2, 0.25) is 6.54 Å². The monoisotopic (exact) mass is 217 g/mol. The van der Waals surface area contributed by atoms with Gasteiger partial charge in [0.15, 0.2) is 0 Å². The highest BCUT2D eigenvalue weighted by molar-refractivity contribution is 4.82. The number of hydrogen-bond acceptors (Lipinski definition) is 5. The fraction of sp³-hybridized carbons (Fsp3) is 0.778. The molecule has 0 radical (unpaired) electrons. The summed E-state index contributed by atoms with van der Waals surface area (Å²) in [6, 6.07) is 0. The predicted molar refractivity (Wildman–Crippen MR) is 53.2 cm³/mol. The van der Waals surface area contributed by atoms with Crippen LogP contribution in [0.3, 0.4) is 0 Å². The van der Waals surface area contributed by atoms with Crippen LogP contribution in [-0.2, 0) is 14.2 Å². The lowest BCUT2D eigenvalue weighted by Gasteiger charge is -2.03. The number of terminal acetylenes is 1. The maximum atomic E-state index is 9.90. The van der Waals surface area contributed by atoms with Crippen molar-refractivity contribution in [3.63, 3.8) is 0 Å². The molecule has 0 saturated carbocycles.